The molecule has 0 heterocycles. The summed E-state index contributed by atoms with van der Waals surface area (Å²) in [7, 11) is 3.17. The van der Waals surface area contributed by atoms with Crippen LogP contribution < -0.4 is 9.47 Å². The van der Waals surface area contributed by atoms with Crippen molar-refractivity contribution in [2.75, 3.05) is 40.5 Å². The molecular formula is C15H25NO4. The summed E-state index contributed by atoms with van der Waals surface area (Å²) in [6, 6.07) is 5.40. The Hall–Kier alpha value is -1.30. The third-order valence-electron chi connectivity index (χ3n) is 3.38. The monoisotopic (exact) mass is 283 g/mol. The average molecular weight is 283 g/mol. The molecule has 0 aliphatic rings. The number of aliphatic hydroxyl groups excluding tert-OH is 2. The minimum Gasteiger partial charge on any atom is -0.497 e. The minimum absolute atomic E-state index is 0.135. The second kappa shape index (κ2) is 8.79. The van der Waals surface area contributed by atoms with Gasteiger partial charge in [-0.15, -0.1) is 0 Å². The fourth-order valence-corrected chi connectivity index (χ4v) is 2.12. The summed E-state index contributed by atoms with van der Waals surface area (Å²) >= 11 is 0. The summed E-state index contributed by atoms with van der Waals surface area (Å²) in [5.74, 6) is 1.33. The molecule has 1 aromatic carbocycles. The molecule has 1 aromatic rings. The molecule has 1 rings (SSSR count). The van der Waals surface area contributed by atoms with Crippen molar-refractivity contribution in [2.24, 2.45) is 0 Å². The van der Waals surface area contributed by atoms with Crippen molar-refractivity contribution in [3.8, 4) is 11.5 Å². The number of likely N-dealkylation sites (N-methyl/N-ethyl adjacent to an activating group) is 1. The summed E-state index contributed by atoms with van der Waals surface area (Å²) in [5, 5.41) is 19.3. The summed E-state index contributed by atoms with van der Waals surface area (Å²) in [5.41, 5.74) is 0.758. The Balaban J connectivity index is 2.69. The molecular weight excluding hydrogens is 258 g/mol. The number of hydrogen-bond donors (Lipinski definition) is 2. The van der Waals surface area contributed by atoms with Crippen molar-refractivity contribution in [2.45, 2.75) is 19.4 Å². The largest absolute Gasteiger partial charge is 0.497 e. The third-order valence-corrected chi connectivity index (χ3v) is 3.38. The first-order valence-electron chi connectivity index (χ1n) is 6.89. The Morgan fingerprint density at radius 2 is 1.95 bits per heavy atom. The van der Waals surface area contributed by atoms with Crippen molar-refractivity contribution >= 4 is 0 Å². The first kappa shape index (κ1) is 16.8. The van der Waals surface area contributed by atoms with Crippen LogP contribution in [0.4, 0.5) is 0 Å². The molecule has 1 unspecified atom stereocenters. The van der Waals surface area contributed by atoms with Crippen molar-refractivity contribution < 1.29 is 19.7 Å². The third kappa shape index (κ3) is 4.67. The van der Waals surface area contributed by atoms with Gasteiger partial charge >= 0.3 is 0 Å². The summed E-state index contributed by atoms with van der Waals surface area (Å²) in [6.07, 6.45) is -0.000111. The number of methoxy groups -OCH3 is 2. The lowest BCUT2D eigenvalue weighted by Crippen LogP contribution is -2.28. The SMILES string of the molecule is CCN(CCO)CCC(O)c1ccc(OC)cc1OC. The van der Waals surface area contributed by atoms with Crippen LogP contribution in [0.25, 0.3) is 0 Å². The van der Waals surface area contributed by atoms with Gasteiger partial charge in [0.1, 0.15) is 11.5 Å². The highest BCUT2D eigenvalue weighted by Gasteiger charge is 2.15. The zero-order valence-electron chi connectivity index (χ0n) is 12.5. The first-order valence-corrected chi connectivity index (χ1v) is 6.89. The highest BCUT2D eigenvalue weighted by atomic mass is 16.5. The van der Waals surface area contributed by atoms with E-state index in [1.165, 1.54) is 0 Å². The average Bonchev–Trinajstić information content (AvgIpc) is 2.50. The molecule has 0 fully saturated rings. The maximum absolute atomic E-state index is 10.3. The zero-order chi connectivity index (χ0) is 15.0. The lowest BCUT2D eigenvalue weighted by atomic mass is 10.0. The quantitative estimate of drug-likeness (QED) is 0.718. The Morgan fingerprint density at radius 3 is 2.50 bits per heavy atom. The van der Waals surface area contributed by atoms with Crippen LogP contribution in [0.5, 0.6) is 11.5 Å². The van der Waals surface area contributed by atoms with E-state index in [1.807, 2.05) is 19.1 Å². The fourth-order valence-electron chi connectivity index (χ4n) is 2.12. The smallest absolute Gasteiger partial charge is 0.128 e. The molecule has 0 saturated heterocycles. The standard InChI is InChI=1S/C15H25NO4/c1-4-16(9-10-17)8-7-14(18)13-6-5-12(19-2)11-15(13)20-3/h5-6,11,14,17-18H,4,7-10H2,1-3H3. The molecule has 1 atom stereocenters. The van der Waals surface area contributed by atoms with E-state index in [-0.39, 0.29) is 6.61 Å². The number of aliphatic hydroxyl groups is 2. The van der Waals surface area contributed by atoms with Gasteiger partial charge in [-0.3, -0.25) is 0 Å². The van der Waals surface area contributed by atoms with E-state index >= 15 is 0 Å². The van der Waals surface area contributed by atoms with Gasteiger partial charge in [-0.2, -0.15) is 0 Å². The number of benzene rings is 1. The maximum atomic E-state index is 10.3. The van der Waals surface area contributed by atoms with Crippen molar-refractivity contribution in [1.82, 2.24) is 4.90 Å². The predicted octanol–water partition coefficient (Wildman–Crippen LogP) is 1.44. The minimum atomic E-state index is -0.594. The van der Waals surface area contributed by atoms with Gasteiger partial charge in [0.15, 0.2) is 0 Å². The van der Waals surface area contributed by atoms with Crippen molar-refractivity contribution in [1.29, 1.82) is 0 Å². The molecule has 2 N–H and O–H groups in total. The van der Waals surface area contributed by atoms with Crippen LogP contribution >= 0.6 is 0 Å². The lowest BCUT2D eigenvalue weighted by Gasteiger charge is -2.22. The van der Waals surface area contributed by atoms with E-state index in [4.69, 9.17) is 14.6 Å². The number of nitrogens with zero attached hydrogens (tertiary/aromatic N) is 1. The van der Waals surface area contributed by atoms with Crippen LogP contribution in [0.2, 0.25) is 0 Å². The van der Waals surface area contributed by atoms with Gasteiger partial charge in [0, 0.05) is 24.7 Å². The highest BCUT2D eigenvalue weighted by molar-refractivity contribution is 5.41. The number of rotatable bonds is 9. The molecule has 0 aliphatic carbocycles. The van der Waals surface area contributed by atoms with Crippen LogP contribution in [-0.4, -0.2) is 55.6 Å². The molecule has 0 saturated carbocycles. The first-order chi connectivity index (χ1) is 9.65. The molecule has 0 aliphatic heterocycles. The lowest BCUT2D eigenvalue weighted by molar-refractivity contribution is 0.131. The van der Waals surface area contributed by atoms with Crippen molar-refractivity contribution in [3.05, 3.63) is 23.8 Å². The van der Waals surface area contributed by atoms with Crippen LogP contribution in [0.1, 0.15) is 25.0 Å². The molecule has 0 bridgehead atoms. The molecule has 0 radical (unpaired) electrons. The molecule has 20 heavy (non-hydrogen) atoms. The molecule has 0 aromatic heterocycles. The summed E-state index contributed by atoms with van der Waals surface area (Å²) in [6.45, 7) is 4.38. The second-order valence-electron chi connectivity index (χ2n) is 4.57. The molecule has 0 amide bonds. The van der Waals surface area contributed by atoms with Gasteiger partial charge in [0.2, 0.25) is 0 Å². The van der Waals surface area contributed by atoms with Gasteiger partial charge < -0.3 is 24.6 Å². The van der Waals surface area contributed by atoms with Crippen LogP contribution in [0, 0.1) is 0 Å². The maximum Gasteiger partial charge on any atom is 0.128 e. The molecule has 5 heteroatoms. The Kier molecular flexibility index (Phi) is 7.36. The van der Waals surface area contributed by atoms with E-state index in [0.717, 1.165) is 18.7 Å². The number of hydrogen-bond acceptors (Lipinski definition) is 5. The van der Waals surface area contributed by atoms with E-state index in [2.05, 4.69) is 4.90 Å². The van der Waals surface area contributed by atoms with Gasteiger partial charge in [0.25, 0.3) is 0 Å². The zero-order valence-corrected chi connectivity index (χ0v) is 12.5. The van der Waals surface area contributed by atoms with Gasteiger partial charge in [-0.25, -0.2) is 0 Å². The molecule has 0 spiro atoms. The predicted molar refractivity (Wildman–Crippen MR) is 78.3 cm³/mol. The Morgan fingerprint density at radius 1 is 1.20 bits per heavy atom. The molecule has 114 valence electrons. The topological polar surface area (TPSA) is 62.2 Å². The Labute approximate surface area is 120 Å². The van der Waals surface area contributed by atoms with Crippen LogP contribution in [-0.2, 0) is 0 Å². The summed E-state index contributed by atoms with van der Waals surface area (Å²) < 4.78 is 10.4. The van der Waals surface area contributed by atoms with Gasteiger partial charge in [0.05, 0.1) is 26.9 Å². The van der Waals surface area contributed by atoms with E-state index in [1.54, 1.807) is 20.3 Å². The highest BCUT2D eigenvalue weighted by Crippen LogP contribution is 2.30. The van der Waals surface area contributed by atoms with Crippen LogP contribution in [0.15, 0.2) is 18.2 Å². The van der Waals surface area contributed by atoms with E-state index in [0.29, 0.717) is 24.5 Å². The van der Waals surface area contributed by atoms with Crippen molar-refractivity contribution in [3.63, 3.8) is 0 Å². The van der Waals surface area contributed by atoms with E-state index in [9.17, 15) is 5.11 Å². The summed E-state index contributed by atoms with van der Waals surface area (Å²) in [4.78, 5) is 2.10. The van der Waals surface area contributed by atoms with Crippen LogP contribution in [0.3, 0.4) is 0 Å². The van der Waals surface area contributed by atoms with E-state index < -0.39 is 6.10 Å². The number of ether oxygens (including phenoxy) is 2. The molecule has 5 nitrogen and oxygen atoms in total. The van der Waals surface area contributed by atoms with Gasteiger partial charge in [-0.1, -0.05) is 6.92 Å². The van der Waals surface area contributed by atoms with Gasteiger partial charge in [-0.05, 0) is 25.1 Å². The fraction of sp³-hybridized carbons (Fsp3) is 0.600. The second-order valence-corrected chi connectivity index (χ2v) is 4.57. The Bertz CT molecular complexity index is 397. The normalized spacial score (nSPS) is 12.5.